The maximum absolute atomic E-state index is 13.2. The quantitative estimate of drug-likeness (QED) is 0.0986. The summed E-state index contributed by atoms with van der Waals surface area (Å²) in [5, 5.41) is 8.42. The summed E-state index contributed by atoms with van der Waals surface area (Å²) in [6.07, 6.45) is 0.709. The lowest BCUT2D eigenvalue weighted by Gasteiger charge is -2.26. The Morgan fingerprint density at radius 1 is 1.08 bits per heavy atom. The Hall–Kier alpha value is -3.81. The van der Waals surface area contributed by atoms with Crippen LogP contribution in [-0.4, -0.2) is 62.5 Å². The molecule has 0 bridgehead atoms. The zero-order chi connectivity index (χ0) is 35.5. The van der Waals surface area contributed by atoms with Gasteiger partial charge in [-0.05, 0) is 95.2 Å². The lowest BCUT2D eigenvalue weighted by molar-refractivity contribution is -0.190. The molecule has 1 amide bonds. The van der Waals surface area contributed by atoms with E-state index in [2.05, 4.69) is 58.0 Å². The number of likely N-dealkylation sites (tertiary alicyclic amines) is 1. The zero-order valence-corrected chi connectivity index (χ0v) is 29.8. The lowest BCUT2D eigenvalue weighted by Crippen LogP contribution is -2.34. The van der Waals surface area contributed by atoms with Gasteiger partial charge < -0.3 is 15.0 Å². The molecule has 0 spiro atoms. The van der Waals surface area contributed by atoms with E-state index in [9.17, 15) is 18.0 Å². The maximum Gasteiger partial charge on any atom is 0.394 e. The molecule has 1 saturated carbocycles. The molecule has 1 aliphatic heterocycles. The first kappa shape index (κ1) is 36.0. The summed E-state index contributed by atoms with van der Waals surface area (Å²) in [4.78, 5) is 24.6. The molecule has 1 aromatic carbocycles. The van der Waals surface area contributed by atoms with E-state index in [1.54, 1.807) is 12.3 Å². The molecule has 3 aromatic heterocycles. The van der Waals surface area contributed by atoms with Crippen LogP contribution in [0.15, 0.2) is 78.0 Å². The van der Waals surface area contributed by atoms with Gasteiger partial charge in [0.25, 0.3) is 5.91 Å². The monoisotopic (exact) mass is 727 g/mol. The van der Waals surface area contributed by atoms with Crippen LogP contribution in [-0.2, 0) is 0 Å². The standard InChI is InChI=1S/C36H41ClF3N7O2S/c1-34(2)22-24(23-46(34)3)12-14-27(25-8-5-4-6-9-25)41-28-10-7-11-31(42-28)50-45-33(48)26-13-15-29(43-32(26)37)47-20-16-30(44-47)49-21-19-35(17-18-35)36(38,39)40/h4-11,13,15-16,20,24,27H,12,14,17-19,21-23H2,1-3H3,(H,41,42)(H,45,48). The molecule has 1 saturated heterocycles. The van der Waals surface area contributed by atoms with Gasteiger partial charge in [-0.15, -0.1) is 5.10 Å². The minimum atomic E-state index is -4.23. The fourth-order valence-electron chi connectivity index (χ4n) is 6.46. The molecule has 9 nitrogen and oxygen atoms in total. The van der Waals surface area contributed by atoms with Crippen molar-refractivity contribution in [2.45, 2.75) is 75.2 Å². The maximum atomic E-state index is 13.2. The van der Waals surface area contributed by atoms with Gasteiger partial charge >= 0.3 is 6.18 Å². The number of carbonyl (C=O) groups is 1. The summed E-state index contributed by atoms with van der Waals surface area (Å²) in [5.74, 6) is 1.38. The highest BCUT2D eigenvalue weighted by molar-refractivity contribution is 7.97. The summed E-state index contributed by atoms with van der Waals surface area (Å²) >= 11 is 7.47. The van der Waals surface area contributed by atoms with E-state index in [1.807, 2.05) is 36.4 Å². The van der Waals surface area contributed by atoms with Gasteiger partial charge in [0, 0.05) is 36.3 Å². The molecule has 266 valence electrons. The third-order valence-electron chi connectivity index (χ3n) is 9.88. The Kier molecular flexibility index (Phi) is 10.7. The van der Waals surface area contributed by atoms with Crippen LogP contribution in [0.2, 0.25) is 5.15 Å². The van der Waals surface area contributed by atoms with Crippen LogP contribution < -0.4 is 14.8 Å². The molecule has 6 rings (SSSR count). The second-order valence-corrected chi connectivity index (χ2v) is 15.0. The highest BCUT2D eigenvalue weighted by Gasteiger charge is 2.62. The molecular weight excluding hydrogens is 687 g/mol. The topological polar surface area (TPSA) is 97.2 Å². The van der Waals surface area contributed by atoms with Crippen molar-refractivity contribution in [3.8, 4) is 11.7 Å². The van der Waals surface area contributed by atoms with Gasteiger partial charge in [-0.1, -0.05) is 48.0 Å². The molecule has 4 heterocycles. The molecular formula is C36H41ClF3N7O2S. The Labute approximate surface area is 299 Å². The number of nitrogens with zero attached hydrogens (tertiary/aromatic N) is 5. The summed E-state index contributed by atoms with van der Waals surface area (Å²) < 4.78 is 49.2. The number of hydrogen-bond donors (Lipinski definition) is 2. The van der Waals surface area contributed by atoms with Crippen LogP contribution in [0.3, 0.4) is 0 Å². The van der Waals surface area contributed by atoms with Crippen molar-refractivity contribution in [2.24, 2.45) is 11.3 Å². The molecule has 2 fully saturated rings. The van der Waals surface area contributed by atoms with E-state index < -0.39 is 17.5 Å². The third-order valence-corrected chi connectivity index (χ3v) is 10.9. The van der Waals surface area contributed by atoms with Gasteiger partial charge in [0.05, 0.1) is 23.6 Å². The first-order valence-electron chi connectivity index (χ1n) is 16.7. The Bertz CT molecular complexity index is 1780. The van der Waals surface area contributed by atoms with Crippen LogP contribution in [0.4, 0.5) is 19.0 Å². The average Bonchev–Trinajstić information content (AvgIpc) is 3.66. The van der Waals surface area contributed by atoms with E-state index in [0.29, 0.717) is 22.6 Å². The van der Waals surface area contributed by atoms with Crippen molar-refractivity contribution in [1.29, 1.82) is 0 Å². The summed E-state index contributed by atoms with van der Waals surface area (Å²) in [6, 6.07) is 20.7. The van der Waals surface area contributed by atoms with Gasteiger partial charge in [0.2, 0.25) is 5.88 Å². The smallest absolute Gasteiger partial charge is 0.394 e. The number of halogens is 4. The first-order valence-corrected chi connectivity index (χ1v) is 17.9. The largest absolute Gasteiger partial charge is 0.477 e. The number of amides is 1. The van der Waals surface area contributed by atoms with Crippen LogP contribution in [0.5, 0.6) is 5.88 Å². The molecule has 4 aromatic rings. The number of nitrogens with one attached hydrogen (secondary N) is 2. The van der Waals surface area contributed by atoms with E-state index in [4.69, 9.17) is 21.3 Å². The van der Waals surface area contributed by atoms with Crippen molar-refractivity contribution < 1.29 is 22.7 Å². The van der Waals surface area contributed by atoms with Crippen molar-refractivity contribution in [1.82, 2.24) is 29.4 Å². The Morgan fingerprint density at radius 3 is 2.54 bits per heavy atom. The SMILES string of the molecule is CN1CC(CCC(Nc2cccc(SNC(=O)c3ccc(-n4ccc(OCCC5(C(F)(F)F)CC5)n4)nc3Cl)n2)c2ccccc2)CC1(C)C. The second-order valence-electron chi connectivity index (χ2n) is 13.8. The van der Waals surface area contributed by atoms with E-state index in [0.717, 1.165) is 31.3 Å². The number of rotatable bonds is 14. The first-order chi connectivity index (χ1) is 23.8. The molecule has 2 N–H and O–H groups in total. The van der Waals surface area contributed by atoms with Crippen molar-refractivity contribution in [2.75, 3.05) is 25.5 Å². The predicted molar refractivity (Wildman–Crippen MR) is 189 cm³/mol. The molecule has 0 radical (unpaired) electrons. The van der Waals surface area contributed by atoms with Gasteiger partial charge in [0.15, 0.2) is 5.82 Å². The Morgan fingerprint density at radius 2 is 1.86 bits per heavy atom. The summed E-state index contributed by atoms with van der Waals surface area (Å²) in [5.41, 5.74) is -0.0631. The number of anilines is 1. The number of carbonyl (C=O) groups excluding carboxylic acids is 1. The number of pyridine rings is 2. The number of benzene rings is 1. The third kappa shape index (κ3) is 8.55. The highest BCUT2D eigenvalue weighted by Crippen LogP contribution is 2.59. The van der Waals surface area contributed by atoms with Crippen LogP contribution in [0.1, 0.15) is 74.3 Å². The molecule has 50 heavy (non-hydrogen) atoms. The van der Waals surface area contributed by atoms with Crippen LogP contribution in [0.25, 0.3) is 5.82 Å². The van der Waals surface area contributed by atoms with E-state index >= 15 is 0 Å². The average molecular weight is 728 g/mol. The highest BCUT2D eigenvalue weighted by atomic mass is 35.5. The summed E-state index contributed by atoms with van der Waals surface area (Å²) in [6.45, 7) is 5.61. The molecule has 2 aliphatic rings. The van der Waals surface area contributed by atoms with Crippen molar-refractivity contribution in [3.63, 3.8) is 0 Å². The number of alkyl halides is 3. The van der Waals surface area contributed by atoms with Crippen LogP contribution >= 0.6 is 23.5 Å². The lowest BCUT2D eigenvalue weighted by atomic mass is 9.90. The van der Waals surface area contributed by atoms with E-state index in [-0.39, 0.29) is 54.0 Å². The van der Waals surface area contributed by atoms with Gasteiger partial charge in [-0.3, -0.25) is 9.52 Å². The molecule has 14 heteroatoms. The van der Waals surface area contributed by atoms with Crippen LogP contribution in [0, 0.1) is 11.3 Å². The van der Waals surface area contributed by atoms with Crippen molar-refractivity contribution >= 4 is 35.3 Å². The van der Waals surface area contributed by atoms with E-state index in [1.165, 1.54) is 28.8 Å². The number of ether oxygens (including phenoxy) is 1. The minimum Gasteiger partial charge on any atom is -0.477 e. The van der Waals surface area contributed by atoms with Gasteiger partial charge in [-0.2, -0.15) is 13.2 Å². The molecule has 2 unspecified atom stereocenters. The Balaban J connectivity index is 1.03. The molecule has 1 aliphatic carbocycles. The fraction of sp³-hybridized carbons (Fsp3) is 0.444. The molecule has 2 atom stereocenters. The fourth-order valence-corrected chi connectivity index (χ4v) is 7.29. The summed E-state index contributed by atoms with van der Waals surface area (Å²) in [7, 11) is 2.20. The van der Waals surface area contributed by atoms with Gasteiger partial charge in [0.1, 0.15) is 16.0 Å². The normalized spacial score (nSPS) is 18.8. The minimum absolute atomic E-state index is 0.0367. The number of hydrogen-bond acceptors (Lipinski definition) is 8. The predicted octanol–water partition coefficient (Wildman–Crippen LogP) is 8.53. The zero-order valence-electron chi connectivity index (χ0n) is 28.2. The van der Waals surface area contributed by atoms with Gasteiger partial charge in [-0.25, -0.2) is 14.6 Å². The number of aromatic nitrogens is 4. The second kappa shape index (κ2) is 14.8. The van der Waals surface area contributed by atoms with Crippen molar-refractivity contribution in [3.05, 3.63) is 89.2 Å².